The van der Waals surface area contributed by atoms with Gasteiger partial charge in [0.05, 0.1) is 18.8 Å². The van der Waals surface area contributed by atoms with Gasteiger partial charge in [-0.15, -0.1) is 24.0 Å². The number of carbonyl (C=O) groups excluding carboxylic acids is 1. The lowest BCUT2D eigenvalue weighted by Gasteiger charge is -2.23. The zero-order valence-corrected chi connectivity index (χ0v) is 21.1. The summed E-state index contributed by atoms with van der Waals surface area (Å²) in [4.78, 5) is 22.8. The third-order valence-electron chi connectivity index (χ3n) is 4.71. The number of amides is 1. The summed E-state index contributed by atoms with van der Waals surface area (Å²) in [6.45, 7) is 9.50. The second-order valence-corrected chi connectivity index (χ2v) is 8.46. The minimum absolute atomic E-state index is 0. The topological polar surface area (TPSA) is 92.0 Å². The molecule has 0 saturated carbocycles. The molecule has 170 valence electrons. The number of nitrogens with zero attached hydrogens (tertiary/aromatic N) is 3. The zero-order valence-electron chi connectivity index (χ0n) is 18.8. The van der Waals surface area contributed by atoms with Crippen molar-refractivity contribution < 1.29 is 13.9 Å². The van der Waals surface area contributed by atoms with Crippen LogP contribution in [0.3, 0.4) is 0 Å². The molecule has 1 atom stereocenters. The summed E-state index contributed by atoms with van der Waals surface area (Å²) in [5.41, 5.74) is 1.70. The van der Waals surface area contributed by atoms with Gasteiger partial charge < -0.3 is 24.7 Å². The SMILES string of the molecule is CN=C(NCc1ncc(-c2ccc(C)cc2)o1)N1CCC(NC(=O)OC(C)(C)C)C1.I. The Hall–Kier alpha value is -2.30. The molecule has 1 aliphatic rings. The highest BCUT2D eigenvalue weighted by atomic mass is 127. The van der Waals surface area contributed by atoms with Crippen molar-refractivity contribution in [3.05, 3.63) is 41.9 Å². The number of likely N-dealkylation sites (tertiary alicyclic amines) is 1. The molecule has 2 aromatic rings. The Bertz CT molecular complexity index is 889. The smallest absolute Gasteiger partial charge is 0.407 e. The first kappa shape index (κ1) is 25.0. The number of hydrogen-bond acceptors (Lipinski definition) is 5. The number of halogens is 1. The van der Waals surface area contributed by atoms with E-state index in [4.69, 9.17) is 9.15 Å². The minimum atomic E-state index is -0.507. The number of nitrogens with one attached hydrogen (secondary N) is 2. The van der Waals surface area contributed by atoms with Crippen molar-refractivity contribution in [2.24, 2.45) is 4.99 Å². The molecular weight excluding hydrogens is 509 g/mol. The number of alkyl carbamates (subject to hydrolysis) is 1. The Morgan fingerprint density at radius 1 is 1.32 bits per heavy atom. The second-order valence-electron chi connectivity index (χ2n) is 8.46. The van der Waals surface area contributed by atoms with E-state index >= 15 is 0 Å². The van der Waals surface area contributed by atoms with E-state index in [0.29, 0.717) is 19.0 Å². The van der Waals surface area contributed by atoms with Gasteiger partial charge in [0.25, 0.3) is 0 Å². The molecule has 1 aromatic heterocycles. The lowest BCUT2D eigenvalue weighted by atomic mass is 10.1. The summed E-state index contributed by atoms with van der Waals surface area (Å²) >= 11 is 0. The summed E-state index contributed by atoms with van der Waals surface area (Å²) in [6, 6.07) is 8.16. The van der Waals surface area contributed by atoms with Crippen LogP contribution in [0.25, 0.3) is 11.3 Å². The van der Waals surface area contributed by atoms with Crippen molar-refractivity contribution in [3.8, 4) is 11.3 Å². The Morgan fingerprint density at radius 2 is 2.03 bits per heavy atom. The van der Waals surface area contributed by atoms with E-state index < -0.39 is 5.60 Å². The van der Waals surface area contributed by atoms with Gasteiger partial charge in [-0.1, -0.05) is 29.8 Å². The second kappa shape index (κ2) is 10.8. The predicted octanol–water partition coefficient (Wildman–Crippen LogP) is 3.94. The fourth-order valence-corrected chi connectivity index (χ4v) is 3.27. The quantitative estimate of drug-likeness (QED) is 0.346. The lowest BCUT2D eigenvalue weighted by Crippen LogP contribution is -2.44. The maximum Gasteiger partial charge on any atom is 0.407 e. The average Bonchev–Trinajstić information content (AvgIpc) is 3.31. The predicted molar refractivity (Wildman–Crippen MR) is 132 cm³/mol. The summed E-state index contributed by atoms with van der Waals surface area (Å²) in [7, 11) is 1.74. The monoisotopic (exact) mass is 541 g/mol. The molecule has 1 amide bonds. The molecule has 1 aliphatic heterocycles. The normalized spacial score (nSPS) is 16.6. The number of aromatic nitrogens is 1. The lowest BCUT2D eigenvalue weighted by molar-refractivity contribution is 0.0507. The highest BCUT2D eigenvalue weighted by Gasteiger charge is 2.28. The van der Waals surface area contributed by atoms with Crippen molar-refractivity contribution in [1.82, 2.24) is 20.5 Å². The van der Waals surface area contributed by atoms with Crippen molar-refractivity contribution in [3.63, 3.8) is 0 Å². The number of aliphatic imine (C=N–C) groups is 1. The van der Waals surface area contributed by atoms with Gasteiger partial charge in [0.15, 0.2) is 11.7 Å². The molecular formula is C22H32IN5O3. The van der Waals surface area contributed by atoms with E-state index in [2.05, 4.69) is 32.4 Å². The van der Waals surface area contributed by atoms with Crippen LogP contribution in [0, 0.1) is 6.92 Å². The van der Waals surface area contributed by atoms with Crippen LogP contribution in [0.5, 0.6) is 0 Å². The van der Waals surface area contributed by atoms with Gasteiger partial charge in [-0.2, -0.15) is 0 Å². The van der Waals surface area contributed by atoms with Crippen LogP contribution in [0.1, 0.15) is 38.6 Å². The van der Waals surface area contributed by atoms with Crippen molar-refractivity contribution in [2.75, 3.05) is 20.1 Å². The molecule has 31 heavy (non-hydrogen) atoms. The third-order valence-corrected chi connectivity index (χ3v) is 4.71. The molecule has 0 radical (unpaired) electrons. The zero-order chi connectivity index (χ0) is 21.7. The van der Waals surface area contributed by atoms with E-state index in [1.54, 1.807) is 13.2 Å². The Labute approximate surface area is 200 Å². The van der Waals surface area contributed by atoms with Gasteiger partial charge in [-0.05, 0) is 34.1 Å². The number of aryl methyl sites for hydroxylation is 1. The summed E-state index contributed by atoms with van der Waals surface area (Å²) in [5.74, 6) is 2.08. The summed E-state index contributed by atoms with van der Waals surface area (Å²) < 4.78 is 11.2. The molecule has 1 unspecified atom stereocenters. The van der Waals surface area contributed by atoms with Crippen molar-refractivity contribution >= 4 is 36.0 Å². The first-order chi connectivity index (χ1) is 14.2. The average molecular weight is 541 g/mol. The molecule has 0 spiro atoms. The number of oxazole rings is 1. The van der Waals surface area contributed by atoms with Crippen LogP contribution in [0.2, 0.25) is 0 Å². The highest BCUT2D eigenvalue weighted by Crippen LogP contribution is 2.20. The molecule has 2 heterocycles. The maximum atomic E-state index is 12.0. The first-order valence-corrected chi connectivity index (χ1v) is 10.2. The number of rotatable bonds is 4. The highest BCUT2D eigenvalue weighted by molar-refractivity contribution is 14.0. The molecule has 1 saturated heterocycles. The van der Waals surface area contributed by atoms with E-state index in [9.17, 15) is 4.79 Å². The third kappa shape index (κ3) is 7.41. The van der Waals surface area contributed by atoms with Gasteiger partial charge in [0.2, 0.25) is 5.89 Å². The van der Waals surface area contributed by atoms with E-state index in [0.717, 1.165) is 30.2 Å². The van der Waals surface area contributed by atoms with E-state index in [-0.39, 0.29) is 36.1 Å². The molecule has 2 N–H and O–H groups in total. The molecule has 0 bridgehead atoms. The molecule has 1 fully saturated rings. The van der Waals surface area contributed by atoms with Crippen LogP contribution in [0.15, 0.2) is 39.9 Å². The fourth-order valence-electron chi connectivity index (χ4n) is 3.27. The van der Waals surface area contributed by atoms with Crippen LogP contribution in [-0.2, 0) is 11.3 Å². The van der Waals surface area contributed by atoms with Crippen LogP contribution in [0.4, 0.5) is 4.79 Å². The van der Waals surface area contributed by atoms with Crippen LogP contribution in [-0.4, -0.2) is 53.7 Å². The fraction of sp³-hybridized carbons (Fsp3) is 0.500. The molecule has 9 heteroatoms. The number of benzene rings is 1. The number of carbonyl (C=O) groups is 1. The van der Waals surface area contributed by atoms with Gasteiger partial charge in [0, 0.05) is 25.7 Å². The molecule has 0 aliphatic carbocycles. The summed E-state index contributed by atoms with van der Waals surface area (Å²) in [6.07, 6.45) is 2.18. The van der Waals surface area contributed by atoms with Crippen LogP contribution < -0.4 is 10.6 Å². The number of hydrogen-bond donors (Lipinski definition) is 2. The standard InChI is InChI=1S/C22H31N5O3.HI/c1-15-6-8-16(9-7-15)18-12-24-19(29-18)13-25-20(23-5)27-11-10-17(14-27)26-21(28)30-22(2,3)4;/h6-9,12,17H,10-11,13-14H2,1-5H3,(H,23,25)(H,26,28);1H. The Balaban J connectivity index is 0.00000341. The Kier molecular flexibility index (Phi) is 8.72. The molecule has 3 rings (SSSR count). The van der Waals surface area contributed by atoms with Crippen LogP contribution >= 0.6 is 24.0 Å². The minimum Gasteiger partial charge on any atom is -0.444 e. The number of guanidine groups is 1. The molecule has 8 nitrogen and oxygen atoms in total. The van der Waals surface area contributed by atoms with Gasteiger partial charge in [-0.25, -0.2) is 9.78 Å². The van der Waals surface area contributed by atoms with Crippen molar-refractivity contribution in [1.29, 1.82) is 0 Å². The van der Waals surface area contributed by atoms with Crippen molar-refractivity contribution in [2.45, 2.75) is 52.3 Å². The largest absolute Gasteiger partial charge is 0.444 e. The number of ether oxygens (including phenoxy) is 1. The Morgan fingerprint density at radius 3 is 2.68 bits per heavy atom. The van der Waals surface area contributed by atoms with Gasteiger partial charge >= 0.3 is 6.09 Å². The van der Waals surface area contributed by atoms with E-state index in [1.165, 1.54) is 5.56 Å². The first-order valence-electron chi connectivity index (χ1n) is 10.2. The molecule has 1 aromatic carbocycles. The summed E-state index contributed by atoms with van der Waals surface area (Å²) in [5, 5.41) is 6.22. The van der Waals surface area contributed by atoms with Gasteiger partial charge in [-0.3, -0.25) is 4.99 Å². The van der Waals surface area contributed by atoms with Gasteiger partial charge in [0.1, 0.15) is 5.60 Å². The van der Waals surface area contributed by atoms with E-state index in [1.807, 2.05) is 45.0 Å². The maximum absolute atomic E-state index is 12.0.